The van der Waals surface area contributed by atoms with Crippen molar-refractivity contribution in [2.24, 2.45) is 0 Å². The summed E-state index contributed by atoms with van der Waals surface area (Å²) in [5.41, 5.74) is 0.627. The first-order valence-electron chi connectivity index (χ1n) is 5.17. The van der Waals surface area contributed by atoms with E-state index in [9.17, 15) is 4.79 Å². The molecule has 2 N–H and O–H groups in total. The fraction of sp³-hybridized carbons (Fsp3) is 0.455. The molecule has 0 aliphatic heterocycles. The van der Waals surface area contributed by atoms with Gasteiger partial charge in [-0.3, -0.25) is 0 Å². The van der Waals surface area contributed by atoms with E-state index in [1.165, 1.54) is 6.20 Å². The lowest BCUT2D eigenvalue weighted by molar-refractivity contribution is 0.0691. The number of rotatable bonds is 7. The molecule has 5 heteroatoms. The second-order valence-electron chi connectivity index (χ2n) is 3.33. The lowest BCUT2D eigenvalue weighted by Crippen LogP contribution is -2.09. The Balaban J connectivity index is 2.44. The van der Waals surface area contributed by atoms with Gasteiger partial charge in [-0.05, 0) is 25.0 Å². The van der Waals surface area contributed by atoms with Crippen molar-refractivity contribution in [3.8, 4) is 0 Å². The minimum atomic E-state index is -1.01. The SMILES string of the molecule is COCCCCNc1cccnc1C(=O)O. The maximum atomic E-state index is 10.8. The van der Waals surface area contributed by atoms with Crippen LogP contribution >= 0.6 is 0 Å². The van der Waals surface area contributed by atoms with E-state index in [4.69, 9.17) is 9.84 Å². The Kier molecular flexibility index (Phi) is 5.28. The number of carboxylic acids is 1. The highest BCUT2D eigenvalue weighted by atomic mass is 16.5. The van der Waals surface area contributed by atoms with E-state index in [-0.39, 0.29) is 5.69 Å². The number of aromatic carboxylic acids is 1. The van der Waals surface area contributed by atoms with Crippen molar-refractivity contribution in [2.45, 2.75) is 12.8 Å². The summed E-state index contributed by atoms with van der Waals surface area (Å²) < 4.78 is 4.92. The minimum Gasteiger partial charge on any atom is -0.476 e. The molecule has 0 unspecified atom stereocenters. The number of carboxylic acid groups (broad SMARTS) is 1. The molecular formula is C11H16N2O3. The Bertz CT molecular complexity index is 342. The Morgan fingerprint density at radius 3 is 3.06 bits per heavy atom. The summed E-state index contributed by atoms with van der Waals surface area (Å²) in [7, 11) is 1.66. The summed E-state index contributed by atoms with van der Waals surface area (Å²) in [6.07, 6.45) is 3.35. The molecule has 0 aliphatic carbocycles. The van der Waals surface area contributed by atoms with Gasteiger partial charge in [-0.2, -0.15) is 0 Å². The lowest BCUT2D eigenvalue weighted by atomic mass is 10.2. The molecule has 1 heterocycles. The number of methoxy groups -OCH3 is 1. The number of ether oxygens (including phenoxy) is 1. The summed E-state index contributed by atoms with van der Waals surface area (Å²) in [6.45, 7) is 1.44. The lowest BCUT2D eigenvalue weighted by Gasteiger charge is -2.07. The van der Waals surface area contributed by atoms with Crippen LogP contribution in [-0.2, 0) is 4.74 Å². The number of hydrogen-bond acceptors (Lipinski definition) is 4. The van der Waals surface area contributed by atoms with Crippen molar-refractivity contribution < 1.29 is 14.6 Å². The Hall–Kier alpha value is -1.62. The van der Waals surface area contributed by atoms with Crippen LogP contribution in [-0.4, -0.2) is 36.3 Å². The molecule has 0 aliphatic rings. The van der Waals surface area contributed by atoms with Crippen LogP contribution in [0.15, 0.2) is 18.3 Å². The van der Waals surface area contributed by atoms with Crippen molar-refractivity contribution in [2.75, 3.05) is 25.6 Å². The summed E-state index contributed by atoms with van der Waals surface area (Å²) in [4.78, 5) is 14.6. The third kappa shape index (κ3) is 3.86. The quantitative estimate of drug-likeness (QED) is 0.688. The number of nitrogens with zero attached hydrogens (tertiary/aromatic N) is 1. The van der Waals surface area contributed by atoms with Gasteiger partial charge in [-0.25, -0.2) is 9.78 Å². The van der Waals surface area contributed by atoms with Gasteiger partial charge in [0.25, 0.3) is 0 Å². The van der Waals surface area contributed by atoms with E-state index >= 15 is 0 Å². The molecule has 0 amide bonds. The summed E-state index contributed by atoms with van der Waals surface area (Å²) in [5.74, 6) is -1.01. The summed E-state index contributed by atoms with van der Waals surface area (Å²) in [5, 5.41) is 11.9. The van der Waals surface area contributed by atoms with Gasteiger partial charge in [-0.15, -0.1) is 0 Å². The molecule has 0 spiro atoms. The molecule has 0 aromatic carbocycles. The highest BCUT2D eigenvalue weighted by Gasteiger charge is 2.09. The molecule has 0 bridgehead atoms. The Morgan fingerprint density at radius 1 is 1.56 bits per heavy atom. The molecule has 0 saturated carbocycles. The zero-order chi connectivity index (χ0) is 11.8. The third-order valence-corrected chi connectivity index (χ3v) is 2.10. The normalized spacial score (nSPS) is 10.1. The molecular weight excluding hydrogens is 208 g/mol. The smallest absolute Gasteiger partial charge is 0.356 e. The third-order valence-electron chi connectivity index (χ3n) is 2.10. The van der Waals surface area contributed by atoms with Crippen molar-refractivity contribution >= 4 is 11.7 Å². The van der Waals surface area contributed by atoms with Crippen LogP contribution in [0.2, 0.25) is 0 Å². The number of aromatic nitrogens is 1. The topological polar surface area (TPSA) is 71.5 Å². The first-order valence-corrected chi connectivity index (χ1v) is 5.17. The highest BCUT2D eigenvalue weighted by Crippen LogP contribution is 2.11. The second-order valence-corrected chi connectivity index (χ2v) is 3.33. The second kappa shape index (κ2) is 6.79. The largest absolute Gasteiger partial charge is 0.476 e. The van der Waals surface area contributed by atoms with Gasteiger partial charge in [-0.1, -0.05) is 0 Å². The summed E-state index contributed by atoms with van der Waals surface area (Å²) >= 11 is 0. The first kappa shape index (κ1) is 12.4. The predicted octanol–water partition coefficient (Wildman–Crippen LogP) is 1.62. The monoisotopic (exact) mass is 224 g/mol. The van der Waals surface area contributed by atoms with Gasteiger partial charge in [0.05, 0.1) is 5.69 Å². The zero-order valence-electron chi connectivity index (χ0n) is 9.27. The van der Waals surface area contributed by atoms with Gasteiger partial charge >= 0.3 is 5.97 Å². The van der Waals surface area contributed by atoms with Gasteiger partial charge in [0.1, 0.15) is 0 Å². The van der Waals surface area contributed by atoms with Crippen LogP contribution in [0.1, 0.15) is 23.3 Å². The van der Waals surface area contributed by atoms with E-state index in [0.29, 0.717) is 5.69 Å². The predicted molar refractivity (Wildman–Crippen MR) is 60.8 cm³/mol. The van der Waals surface area contributed by atoms with E-state index in [1.807, 2.05) is 0 Å². The molecule has 1 aromatic rings. The van der Waals surface area contributed by atoms with Crippen LogP contribution in [0, 0.1) is 0 Å². The van der Waals surface area contributed by atoms with Gasteiger partial charge < -0.3 is 15.2 Å². The van der Waals surface area contributed by atoms with Crippen molar-refractivity contribution in [3.63, 3.8) is 0 Å². The molecule has 88 valence electrons. The molecule has 0 atom stereocenters. The van der Waals surface area contributed by atoms with Crippen LogP contribution in [0.4, 0.5) is 5.69 Å². The summed E-state index contributed by atoms with van der Waals surface area (Å²) in [6, 6.07) is 3.43. The van der Waals surface area contributed by atoms with E-state index < -0.39 is 5.97 Å². The maximum Gasteiger partial charge on any atom is 0.356 e. The maximum absolute atomic E-state index is 10.8. The first-order chi connectivity index (χ1) is 7.75. The van der Waals surface area contributed by atoms with Gasteiger partial charge in [0.15, 0.2) is 5.69 Å². The number of hydrogen-bond donors (Lipinski definition) is 2. The van der Waals surface area contributed by atoms with Crippen LogP contribution in [0.3, 0.4) is 0 Å². The molecule has 16 heavy (non-hydrogen) atoms. The average molecular weight is 224 g/mol. The number of anilines is 1. The van der Waals surface area contributed by atoms with Gasteiger partial charge in [0.2, 0.25) is 0 Å². The van der Waals surface area contributed by atoms with Crippen LogP contribution in [0.5, 0.6) is 0 Å². The zero-order valence-corrected chi connectivity index (χ0v) is 9.27. The Morgan fingerprint density at radius 2 is 2.38 bits per heavy atom. The van der Waals surface area contributed by atoms with Gasteiger partial charge in [0, 0.05) is 26.5 Å². The highest BCUT2D eigenvalue weighted by molar-refractivity contribution is 5.91. The number of unbranched alkanes of at least 4 members (excludes halogenated alkanes) is 1. The van der Waals surface area contributed by atoms with Crippen molar-refractivity contribution in [3.05, 3.63) is 24.0 Å². The fourth-order valence-electron chi connectivity index (χ4n) is 1.31. The van der Waals surface area contributed by atoms with E-state index in [0.717, 1.165) is 26.0 Å². The number of pyridine rings is 1. The molecule has 1 aromatic heterocycles. The molecule has 5 nitrogen and oxygen atoms in total. The minimum absolute atomic E-state index is 0.0641. The van der Waals surface area contributed by atoms with Crippen LogP contribution < -0.4 is 5.32 Å². The number of carbonyl (C=O) groups is 1. The standard InChI is InChI=1S/C11H16N2O3/c1-16-8-3-2-6-12-9-5-4-7-13-10(9)11(14)15/h4-5,7,12H,2-3,6,8H2,1H3,(H,14,15). The molecule has 0 fully saturated rings. The van der Waals surface area contributed by atoms with E-state index in [1.54, 1.807) is 19.2 Å². The fourth-order valence-corrected chi connectivity index (χ4v) is 1.31. The molecule has 0 saturated heterocycles. The number of nitrogens with one attached hydrogen (secondary N) is 1. The molecule has 1 rings (SSSR count). The molecule has 0 radical (unpaired) electrons. The van der Waals surface area contributed by atoms with Crippen LogP contribution in [0.25, 0.3) is 0 Å². The Labute approximate surface area is 94.5 Å². The van der Waals surface area contributed by atoms with Crippen molar-refractivity contribution in [1.82, 2.24) is 4.98 Å². The van der Waals surface area contributed by atoms with E-state index in [2.05, 4.69) is 10.3 Å². The van der Waals surface area contributed by atoms with Crippen molar-refractivity contribution in [1.29, 1.82) is 0 Å². The average Bonchev–Trinajstić information content (AvgIpc) is 2.29.